The van der Waals surface area contributed by atoms with Crippen LogP contribution >= 0.6 is 34.2 Å². The van der Waals surface area contributed by atoms with Crippen molar-refractivity contribution in [2.24, 2.45) is 0 Å². The van der Waals surface area contributed by atoms with Crippen LogP contribution < -0.4 is 10.6 Å². The van der Waals surface area contributed by atoms with Crippen LogP contribution in [0.5, 0.6) is 0 Å². The van der Waals surface area contributed by atoms with Gasteiger partial charge in [0.25, 0.3) is 0 Å². The molecule has 0 radical (unpaired) electrons. The maximum Gasteiger partial charge on any atom is 0.326 e. The van der Waals surface area contributed by atoms with E-state index < -0.39 is 30.4 Å². The second-order valence-electron chi connectivity index (χ2n) is 3.71. The summed E-state index contributed by atoms with van der Waals surface area (Å²) in [6.45, 7) is 0. The molecule has 0 aromatic heterocycles. The Balaban J connectivity index is 2.70. The van der Waals surface area contributed by atoms with Gasteiger partial charge in [0, 0.05) is 3.57 Å². The molecule has 0 heterocycles. The maximum absolute atomic E-state index is 11.6. The number of urea groups is 1. The number of amides is 2. The number of rotatable bonds is 5. The molecule has 2 amide bonds. The van der Waals surface area contributed by atoms with Gasteiger partial charge < -0.3 is 20.8 Å². The van der Waals surface area contributed by atoms with Crippen molar-refractivity contribution in [2.45, 2.75) is 12.5 Å². The Morgan fingerprint density at radius 3 is 2.45 bits per heavy atom. The molecule has 4 N–H and O–H groups in total. The lowest BCUT2D eigenvalue weighted by Gasteiger charge is -2.14. The Kier molecular flexibility index (Phi) is 6.02. The molecule has 0 fully saturated rings. The van der Waals surface area contributed by atoms with Gasteiger partial charge in [0.15, 0.2) is 0 Å². The normalized spacial score (nSPS) is 11.5. The average molecular weight is 413 g/mol. The highest BCUT2D eigenvalue weighted by atomic mass is 127. The first-order valence-electron chi connectivity index (χ1n) is 5.26. The van der Waals surface area contributed by atoms with Gasteiger partial charge in [0.2, 0.25) is 0 Å². The Morgan fingerprint density at radius 2 is 1.95 bits per heavy atom. The highest BCUT2D eigenvalue weighted by Gasteiger charge is 2.23. The van der Waals surface area contributed by atoms with Crippen molar-refractivity contribution in [3.8, 4) is 0 Å². The Hall–Kier alpha value is -1.55. The number of carboxylic acid groups (broad SMARTS) is 2. The highest BCUT2D eigenvalue weighted by Crippen LogP contribution is 2.23. The van der Waals surface area contributed by atoms with Gasteiger partial charge in [0.1, 0.15) is 6.04 Å². The Bertz CT molecular complexity index is 552. The molecule has 9 heteroatoms. The molecule has 0 saturated carbocycles. The van der Waals surface area contributed by atoms with E-state index in [2.05, 4.69) is 5.32 Å². The van der Waals surface area contributed by atoms with E-state index in [-0.39, 0.29) is 5.02 Å². The lowest BCUT2D eigenvalue weighted by Crippen LogP contribution is -2.44. The third-order valence-electron chi connectivity index (χ3n) is 2.16. The predicted molar refractivity (Wildman–Crippen MR) is 80.0 cm³/mol. The van der Waals surface area contributed by atoms with Crippen LogP contribution in [0.3, 0.4) is 0 Å². The minimum absolute atomic E-state index is 0.289. The summed E-state index contributed by atoms with van der Waals surface area (Å²) >= 11 is 7.94. The summed E-state index contributed by atoms with van der Waals surface area (Å²) in [5.74, 6) is -2.76. The van der Waals surface area contributed by atoms with Gasteiger partial charge in [-0.05, 0) is 40.8 Å². The standard InChI is InChI=1S/C11H10ClIN2O5/c12-6-3-5(13)1-2-7(6)14-11(20)15-8(10(18)19)4-9(16)17/h1-3,8H,4H2,(H,16,17)(H,18,19)(H2,14,15,20)/t8-/m0/s1. The van der Waals surface area contributed by atoms with Gasteiger partial charge >= 0.3 is 18.0 Å². The van der Waals surface area contributed by atoms with Gasteiger partial charge in [-0.1, -0.05) is 11.6 Å². The van der Waals surface area contributed by atoms with Gasteiger partial charge in [0.05, 0.1) is 17.1 Å². The zero-order chi connectivity index (χ0) is 15.3. The van der Waals surface area contributed by atoms with Gasteiger partial charge in [-0.25, -0.2) is 9.59 Å². The minimum Gasteiger partial charge on any atom is -0.481 e. The van der Waals surface area contributed by atoms with E-state index in [0.717, 1.165) is 3.57 Å². The zero-order valence-corrected chi connectivity index (χ0v) is 12.8. The number of hydrogen-bond donors (Lipinski definition) is 4. The number of carbonyl (C=O) groups is 3. The molecule has 20 heavy (non-hydrogen) atoms. The molecule has 1 rings (SSSR count). The summed E-state index contributed by atoms with van der Waals surface area (Å²) < 4.78 is 0.868. The van der Waals surface area contributed by atoms with E-state index in [0.29, 0.717) is 5.69 Å². The van der Waals surface area contributed by atoms with Crippen molar-refractivity contribution >= 4 is 57.8 Å². The number of benzene rings is 1. The largest absolute Gasteiger partial charge is 0.481 e. The summed E-state index contributed by atoms with van der Waals surface area (Å²) in [7, 11) is 0. The molecular formula is C11H10ClIN2O5. The SMILES string of the molecule is O=C(O)C[C@H](NC(=O)Nc1ccc(I)cc1Cl)C(=O)O. The molecule has 1 aromatic rings. The molecule has 1 atom stereocenters. The highest BCUT2D eigenvalue weighted by molar-refractivity contribution is 14.1. The molecule has 108 valence electrons. The van der Waals surface area contributed by atoms with E-state index >= 15 is 0 Å². The van der Waals surface area contributed by atoms with E-state index in [1.165, 1.54) is 0 Å². The van der Waals surface area contributed by atoms with E-state index in [1.807, 2.05) is 27.9 Å². The second kappa shape index (κ2) is 7.29. The maximum atomic E-state index is 11.6. The first-order valence-corrected chi connectivity index (χ1v) is 6.72. The smallest absolute Gasteiger partial charge is 0.326 e. The molecule has 0 unspecified atom stereocenters. The minimum atomic E-state index is -1.52. The van der Waals surface area contributed by atoms with Crippen LogP contribution in [0.1, 0.15) is 6.42 Å². The third-order valence-corrected chi connectivity index (χ3v) is 3.15. The topological polar surface area (TPSA) is 116 Å². The van der Waals surface area contributed by atoms with Crippen LogP contribution in [-0.2, 0) is 9.59 Å². The fraction of sp³-hybridized carbons (Fsp3) is 0.182. The Morgan fingerprint density at radius 1 is 1.30 bits per heavy atom. The third kappa shape index (κ3) is 5.21. The predicted octanol–water partition coefficient (Wildman–Crippen LogP) is 1.99. The monoisotopic (exact) mass is 412 g/mol. The number of carboxylic acids is 2. The van der Waals surface area contributed by atoms with Gasteiger partial charge in [-0.2, -0.15) is 0 Å². The summed E-state index contributed by atoms with van der Waals surface area (Å²) in [6.07, 6.45) is -0.719. The van der Waals surface area contributed by atoms with Crippen molar-refractivity contribution in [1.29, 1.82) is 0 Å². The van der Waals surface area contributed by atoms with Crippen molar-refractivity contribution in [3.05, 3.63) is 26.8 Å². The van der Waals surface area contributed by atoms with Crippen LogP contribution in [0.15, 0.2) is 18.2 Å². The number of aliphatic carboxylic acids is 2. The fourth-order valence-electron chi connectivity index (χ4n) is 1.28. The lowest BCUT2D eigenvalue weighted by atomic mass is 10.2. The Labute approximate surface area is 132 Å². The second-order valence-corrected chi connectivity index (χ2v) is 5.36. The molecular weight excluding hydrogens is 402 g/mol. The van der Waals surface area contributed by atoms with Gasteiger partial charge in [-0.3, -0.25) is 4.79 Å². The number of carbonyl (C=O) groups excluding carboxylic acids is 1. The zero-order valence-electron chi connectivity index (χ0n) is 9.89. The van der Waals surface area contributed by atoms with E-state index in [4.69, 9.17) is 21.8 Å². The average Bonchev–Trinajstić information content (AvgIpc) is 2.31. The molecule has 0 aliphatic carbocycles. The number of halogens is 2. The van der Waals surface area contributed by atoms with E-state index in [9.17, 15) is 14.4 Å². The first-order chi connectivity index (χ1) is 9.29. The first kappa shape index (κ1) is 16.5. The van der Waals surface area contributed by atoms with Crippen LogP contribution in [0.2, 0.25) is 5.02 Å². The molecule has 0 aliphatic heterocycles. The lowest BCUT2D eigenvalue weighted by molar-refractivity contribution is -0.145. The molecule has 0 bridgehead atoms. The summed E-state index contributed by atoms with van der Waals surface area (Å²) in [5, 5.41) is 22.0. The summed E-state index contributed by atoms with van der Waals surface area (Å²) in [4.78, 5) is 32.9. The summed E-state index contributed by atoms with van der Waals surface area (Å²) in [5.41, 5.74) is 0.295. The number of hydrogen-bond acceptors (Lipinski definition) is 3. The molecule has 1 aromatic carbocycles. The van der Waals surface area contributed by atoms with Crippen LogP contribution in [0.25, 0.3) is 0 Å². The van der Waals surface area contributed by atoms with Gasteiger partial charge in [-0.15, -0.1) is 0 Å². The van der Waals surface area contributed by atoms with Crippen molar-refractivity contribution in [1.82, 2.24) is 5.32 Å². The van der Waals surface area contributed by atoms with Crippen LogP contribution in [0.4, 0.5) is 10.5 Å². The van der Waals surface area contributed by atoms with Crippen molar-refractivity contribution < 1.29 is 24.6 Å². The summed E-state index contributed by atoms with van der Waals surface area (Å²) in [6, 6.07) is 2.51. The fourth-order valence-corrected chi connectivity index (χ4v) is 2.19. The number of anilines is 1. The molecule has 0 saturated heterocycles. The molecule has 7 nitrogen and oxygen atoms in total. The van der Waals surface area contributed by atoms with Crippen LogP contribution in [0, 0.1) is 3.57 Å². The van der Waals surface area contributed by atoms with E-state index in [1.54, 1.807) is 18.2 Å². The van der Waals surface area contributed by atoms with Crippen molar-refractivity contribution in [3.63, 3.8) is 0 Å². The molecule has 0 spiro atoms. The van der Waals surface area contributed by atoms with Crippen LogP contribution in [-0.4, -0.2) is 34.2 Å². The quantitative estimate of drug-likeness (QED) is 0.552. The number of nitrogens with one attached hydrogen (secondary N) is 2. The van der Waals surface area contributed by atoms with Crippen molar-refractivity contribution in [2.75, 3.05) is 5.32 Å². The molecule has 0 aliphatic rings.